The Balaban J connectivity index is 2.22. The summed E-state index contributed by atoms with van der Waals surface area (Å²) in [7, 11) is 0. The number of benzene rings is 1. The Kier molecular flexibility index (Phi) is 4.46. The number of nitrogens with one attached hydrogen (secondary N) is 1. The number of phenols is 1. The van der Waals surface area contributed by atoms with Gasteiger partial charge in [0.05, 0.1) is 13.1 Å². The summed E-state index contributed by atoms with van der Waals surface area (Å²) in [5.74, 6) is -1.99. The largest absolute Gasteiger partial charge is 0.507 e. The minimum Gasteiger partial charge on any atom is -0.507 e. The van der Waals surface area contributed by atoms with Gasteiger partial charge in [-0.15, -0.1) is 11.3 Å². The maximum Gasteiger partial charge on any atom is 0.339 e. The molecule has 1 aromatic heterocycles. The van der Waals surface area contributed by atoms with Gasteiger partial charge in [0.25, 0.3) is 5.91 Å². The predicted molar refractivity (Wildman–Crippen MR) is 82.7 cm³/mol. The molecule has 0 fully saturated rings. The molecule has 1 amide bonds. The molecule has 0 spiro atoms. The van der Waals surface area contributed by atoms with E-state index in [1.807, 2.05) is 0 Å². The molecule has 0 aliphatic heterocycles. The van der Waals surface area contributed by atoms with Crippen LogP contribution in [0.15, 0.2) is 31.8 Å². The van der Waals surface area contributed by atoms with Gasteiger partial charge in [-0.2, -0.15) is 0 Å². The van der Waals surface area contributed by atoms with Crippen molar-refractivity contribution in [3.8, 4) is 5.75 Å². The molecule has 104 valence electrons. The number of anilines is 1. The standard InChI is InChI=1S/C12H7Br2NO4S/c13-9-4-7(10(14)20-9)11(17)15-5-1-2-6(12(18)19)8(16)3-5/h1-4,16H,(H,15,17)(H,18,19). The number of thiophene rings is 1. The van der Waals surface area contributed by atoms with E-state index in [0.717, 1.165) is 3.79 Å². The quantitative estimate of drug-likeness (QED) is 0.702. The van der Waals surface area contributed by atoms with Gasteiger partial charge in [-0.3, -0.25) is 4.79 Å². The van der Waals surface area contributed by atoms with Crippen molar-refractivity contribution >= 4 is 60.8 Å². The molecule has 0 saturated heterocycles. The van der Waals surface area contributed by atoms with E-state index in [2.05, 4.69) is 37.2 Å². The molecular weight excluding hydrogens is 414 g/mol. The van der Waals surface area contributed by atoms with Crippen LogP contribution in [0.1, 0.15) is 20.7 Å². The molecule has 1 heterocycles. The van der Waals surface area contributed by atoms with Crippen LogP contribution in [0.5, 0.6) is 5.75 Å². The number of carboxylic acid groups (broad SMARTS) is 1. The molecule has 0 bridgehead atoms. The van der Waals surface area contributed by atoms with Gasteiger partial charge in [-0.05, 0) is 50.1 Å². The first kappa shape index (κ1) is 15.0. The van der Waals surface area contributed by atoms with E-state index in [1.165, 1.54) is 29.5 Å². The van der Waals surface area contributed by atoms with E-state index in [1.54, 1.807) is 6.07 Å². The van der Waals surface area contributed by atoms with E-state index in [-0.39, 0.29) is 11.5 Å². The molecule has 2 rings (SSSR count). The number of carbonyl (C=O) groups excluding carboxylic acids is 1. The lowest BCUT2D eigenvalue weighted by Gasteiger charge is -2.06. The predicted octanol–water partition coefficient (Wildman–Crippen LogP) is 3.93. The molecule has 0 atom stereocenters. The van der Waals surface area contributed by atoms with Crippen LogP contribution in [0.25, 0.3) is 0 Å². The Morgan fingerprint density at radius 3 is 2.35 bits per heavy atom. The Morgan fingerprint density at radius 1 is 1.15 bits per heavy atom. The van der Waals surface area contributed by atoms with E-state index >= 15 is 0 Å². The van der Waals surface area contributed by atoms with E-state index in [4.69, 9.17) is 5.11 Å². The van der Waals surface area contributed by atoms with Gasteiger partial charge in [-0.1, -0.05) is 0 Å². The van der Waals surface area contributed by atoms with Crippen LogP contribution in [0, 0.1) is 0 Å². The van der Waals surface area contributed by atoms with Gasteiger partial charge in [0, 0.05) is 11.8 Å². The number of amides is 1. The number of carbonyl (C=O) groups is 2. The van der Waals surface area contributed by atoms with E-state index < -0.39 is 11.7 Å². The normalized spacial score (nSPS) is 10.3. The Bertz CT molecular complexity index is 699. The highest BCUT2D eigenvalue weighted by atomic mass is 79.9. The summed E-state index contributed by atoms with van der Waals surface area (Å²) in [6.07, 6.45) is 0. The lowest BCUT2D eigenvalue weighted by atomic mass is 10.2. The number of halogens is 2. The maximum absolute atomic E-state index is 12.0. The second kappa shape index (κ2) is 5.94. The summed E-state index contributed by atoms with van der Waals surface area (Å²) in [5.41, 5.74) is 0.540. The highest BCUT2D eigenvalue weighted by Gasteiger charge is 2.15. The fourth-order valence-electron chi connectivity index (χ4n) is 1.48. The number of hydrogen-bond acceptors (Lipinski definition) is 4. The number of rotatable bonds is 3. The minimum atomic E-state index is -1.23. The summed E-state index contributed by atoms with van der Waals surface area (Å²) in [5, 5.41) is 20.9. The van der Waals surface area contributed by atoms with Crippen molar-refractivity contribution in [1.29, 1.82) is 0 Å². The van der Waals surface area contributed by atoms with Crippen molar-refractivity contribution in [2.75, 3.05) is 5.32 Å². The van der Waals surface area contributed by atoms with E-state index in [0.29, 0.717) is 15.0 Å². The maximum atomic E-state index is 12.0. The SMILES string of the molecule is O=C(O)c1ccc(NC(=O)c2cc(Br)sc2Br)cc1O. The first-order valence-electron chi connectivity index (χ1n) is 5.21. The average molecular weight is 421 g/mol. The summed E-state index contributed by atoms with van der Waals surface area (Å²) in [6, 6.07) is 5.49. The van der Waals surface area contributed by atoms with Crippen LogP contribution in [-0.2, 0) is 0 Å². The highest BCUT2D eigenvalue weighted by molar-refractivity contribution is 9.12. The van der Waals surface area contributed by atoms with Gasteiger partial charge in [0.1, 0.15) is 11.3 Å². The summed E-state index contributed by atoms with van der Waals surface area (Å²) in [6.45, 7) is 0. The van der Waals surface area contributed by atoms with Crippen molar-refractivity contribution < 1.29 is 19.8 Å². The first-order valence-corrected chi connectivity index (χ1v) is 7.61. The molecule has 20 heavy (non-hydrogen) atoms. The summed E-state index contributed by atoms with van der Waals surface area (Å²) < 4.78 is 1.48. The Labute approximate surface area is 134 Å². The zero-order chi connectivity index (χ0) is 14.9. The molecule has 0 aliphatic carbocycles. The Hall–Kier alpha value is -1.38. The molecule has 1 aromatic carbocycles. The molecule has 0 aliphatic rings. The summed E-state index contributed by atoms with van der Waals surface area (Å²) in [4.78, 5) is 22.8. The summed E-state index contributed by atoms with van der Waals surface area (Å²) >= 11 is 7.92. The fourth-order valence-corrected chi connectivity index (χ4v) is 4.28. The second-order valence-electron chi connectivity index (χ2n) is 3.73. The van der Waals surface area contributed by atoms with Crippen molar-refractivity contribution in [3.63, 3.8) is 0 Å². The third kappa shape index (κ3) is 3.20. The van der Waals surface area contributed by atoms with Gasteiger partial charge >= 0.3 is 5.97 Å². The molecule has 0 unspecified atom stereocenters. The zero-order valence-electron chi connectivity index (χ0n) is 9.68. The third-order valence-corrected chi connectivity index (χ3v) is 4.73. The molecule has 5 nitrogen and oxygen atoms in total. The number of aromatic carboxylic acids is 1. The topological polar surface area (TPSA) is 86.6 Å². The van der Waals surface area contributed by atoms with Crippen molar-refractivity contribution in [1.82, 2.24) is 0 Å². The van der Waals surface area contributed by atoms with Crippen molar-refractivity contribution in [3.05, 3.63) is 43.0 Å². The van der Waals surface area contributed by atoms with Crippen LogP contribution in [0.3, 0.4) is 0 Å². The van der Waals surface area contributed by atoms with Crippen molar-refractivity contribution in [2.45, 2.75) is 0 Å². The lowest BCUT2D eigenvalue weighted by molar-refractivity contribution is 0.0693. The third-order valence-electron chi connectivity index (χ3n) is 2.39. The van der Waals surface area contributed by atoms with Crippen LogP contribution in [-0.4, -0.2) is 22.1 Å². The highest BCUT2D eigenvalue weighted by Crippen LogP contribution is 2.32. The zero-order valence-corrected chi connectivity index (χ0v) is 13.7. The molecule has 2 aromatic rings. The molecule has 0 radical (unpaired) electrons. The Morgan fingerprint density at radius 2 is 1.85 bits per heavy atom. The van der Waals surface area contributed by atoms with Crippen LogP contribution < -0.4 is 5.32 Å². The van der Waals surface area contributed by atoms with Crippen LogP contribution in [0.4, 0.5) is 5.69 Å². The van der Waals surface area contributed by atoms with Gasteiger partial charge < -0.3 is 15.5 Å². The minimum absolute atomic E-state index is 0.220. The number of carboxylic acids is 1. The van der Waals surface area contributed by atoms with Crippen LogP contribution in [0.2, 0.25) is 0 Å². The number of aromatic hydroxyl groups is 1. The van der Waals surface area contributed by atoms with Gasteiger partial charge in [0.2, 0.25) is 0 Å². The molecular formula is C12H7Br2NO4S. The average Bonchev–Trinajstić information content (AvgIpc) is 2.68. The second-order valence-corrected chi connectivity index (χ2v) is 7.48. The molecule has 8 heteroatoms. The fraction of sp³-hybridized carbons (Fsp3) is 0. The lowest BCUT2D eigenvalue weighted by Crippen LogP contribution is -2.11. The van der Waals surface area contributed by atoms with E-state index in [9.17, 15) is 14.7 Å². The smallest absolute Gasteiger partial charge is 0.339 e. The van der Waals surface area contributed by atoms with Gasteiger partial charge in [0.15, 0.2) is 0 Å². The first-order chi connectivity index (χ1) is 9.38. The molecule has 0 saturated carbocycles. The van der Waals surface area contributed by atoms with Crippen molar-refractivity contribution in [2.24, 2.45) is 0 Å². The monoisotopic (exact) mass is 419 g/mol. The number of hydrogen-bond donors (Lipinski definition) is 3. The van der Waals surface area contributed by atoms with Gasteiger partial charge in [-0.25, -0.2) is 4.79 Å². The molecule has 3 N–H and O–H groups in total. The van der Waals surface area contributed by atoms with Crippen LogP contribution >= 0.6 is 43.2 Å².